The number of para-hydroxylation sites is 1. The van der Waals surface area contributed by atoms with Crippen molar-refractivity contribution in [2.75, 3.05) is 5.43 Å². The maximum Gasteiger partial charge on any atom is 0.121 e. The smallest absolute Gasteiger partial charge is 0.121 e. The molecule has 0 atom stereocenters. The summed E-state index contributed by atoms with van der Waals surface area (Å²) in [6.07, 6.45) is 3.12. The second-order valence-corrected chi connectivity index (χ2v) is 5.23. The average Bonchev–Trinajstić information content (AvgIpc) is 2.68. The number of aryl methyl sites for hydroxylation is 1. The highest BCUT2D eigenvalue weighted by Crippen LogP contribution is 2.24. The van der Waals surface area contributed by atoms with E-state index in [2.05, 4.69) is 34.0 Å². The van der Waals surface area contributed by atoms with Gasteiger partial charge >= 0.3 is 0 Å². The molecule has 1 aliphatic rings. The van der Waals surface area contributed by atoms with Crippen LogP contribution < -0.4 is 10.9 Å². The molecule has 2 aromatic rings. The van der Waals surface area contributed by atoms with Gasteiger partial charge in [-0.1, -0.05) is 29.8 Å². The quantitative estimate of drug-likeness (QED) is 0.806. The number of fused-ring (bicyclic) bond motifs is 1. The Balaban J connectivity index is 1.71. The third kappa shape index (κ3) is 3.11. The lowest BCUT2D eigenvalue weighted by molar-refractivity contribution is 0.858. The fourth-order valence-electron chi connectivity index (χ4n) is 2.25. The predicted octanol–water partition coefficient (Wildman–Crippen LogP) is 4.32. The number of hydrogen-bond donors (Lipinski definition) is 2. The molecule has 0 aromatic heterocycles. The maximum absolute atomic E-state index is 5.87. The number of hydrogen-bond acceptors (Lipinski definition) is 3. The van der Waals surface area contributed by atoms with E-state index < -0.39 is 0 Å². The lowest BCUT2D eigenvalue weighted by Crippen LogP contribution is -2.29. The molecular weight excluding hydrogens is 270 g/mol. The molecule has 4 heteroatoms. The van der Waals surface area contributed by atoms with Crippen LogP contribution in [0.5, 0.6) is 0 Å². The van der Waals surface area contributed by atoms with Crippen molar-refractivity contribution in [3.05, 3.63) is 59.1 Å². The van der Waals surface area contributed by atoms with Crippen LogP contribution in [0.25, 0.3) is 0 Å². The summed E-state index contributed by atoms with van der Waals surface area (Å²) in [6, 6.07) is 15.9. The van der Waals surface area contributed by atoms with Gasteiger partial charge in [0.1, 0.15) is 5.84 Å². The van der Waals surface area contributed by atoms with E-state index in [9.17, 15) is 0 Å². The molecule has 0 unspecified atom stereocenters. The van der Waals surface area contributed by atoms with Crippen LogP contribution in [-0.2, 0) is 6.42 Å². The largest absolute Gasteiger partial charge is 0.300 e. The summed E-state index contributed by atoms with van der Waals surface area (Å²) in [4.78, 5) is 4.69. The van der Waals surface area contributed by atoms with Crippen molar-refractivity contribution >= 4 is 28.8 Å². The van der Waals surface area contributed by atoms with Gasteiger partial charge in [-0.05, 0) is 48.7 Å². The Morgan fingerprint density at radius 2 is 1.70 bits per heavy atom. The van der Waals surface area contributed by atoms with Crippen molar-refractivity contribution < 1.29 is 0 Å². The van der Waals surface area contributed by atoms with E-state index in [4.69, 9.17) is 11.6 Å². The Morgan fingerprint density at radius 3 is 2.55 bits per heavy atom. The lowest BCUT2D eigenvalue weighted by atomic mass is 10.1. The van der Waals surface area contributed by atoms with Crippen molar-refractivity contribution in [2.45, 2.75) is 19.3 Å². The first-order chi connectivity index (χ1) is 9.81. The summed E-state index contributed by atoms with van der Waals surface area (Å²) in [5.74, 6) is 0.963. The number of benzene rings is 2. The molecule has 3 rings (SSSR count). The fourth-order valence-corrected chi connectivity index (χ4v) is 2.37. The van der Waals surface area contributed by atoms with Gasteiger partial charge in [0.25, 0.3) is 0 Å². The Hall–Kier alpha value is -2.00. The Kier molecular flexibility index (Phi) is 3.88. The zero-order chi connectivity index (χ0) is 13.8. The fraction of sp³-hybridized carbons (Fsp3) is 0.188. The second-order valence-electron chi connectivity index (χ2n) is 4.80. The van der Waals surface area contributed by atoms with E-state index in [-0.39, 0.29) is 0 Å². The summed E-state index contributed by atoms with van der Waals surface area (Å²) in [5.41, 5.74) is 9.70. The minimum Gasteiger partial charge on any atom is -0.300 e. The van der Waals surface area contributed by atoms with E-state index in [0.717, 1.165) is 41.5 Å². The van der Waals surface area contributed by atoms with Crippen LogP contribution in [0.2, 0.25) is 5.02 Å². The minimum atomic E-state index is 0.733. The van der Waals surface area contributed by atoms with Crippen LogP contribution in [0.4, 0.5) is 11.4 Å². The molecule has 0 amide bonds. The number of aliphatic imine (C=N–C) groups is 1. The SMILES string of the molecule is Clc1ccc(NNC2=Nc3ccccc3CCC2)cc1. The van der Waals surface area contributed by atoms with Gasteiger partial charge in [0.05, 0.1) is 11.4 Å². The molecule has 0 spiro atoms. The molecule has 2 aromatic carbocycles. The summed E-state index contributed by atoms with van der Waals surface area (Å²) in [6.45, 7) is 0. The van der Waals surface area contributed by atoms with Gasteiger partial charge in [-0.2, -0.15) is 0 Å². The molecule has 0 saturated carbocycles. The molecule has 3 nitrogen and oxygen atoms in total. The molecule has 0 aliphatic carbocycles. The van der Waals surface area contributed by atoms with Crippen LogP contribution >= 0.6 is 11.6 Å². The van der Waals surface area contributed by atoms with E-state index >= 15 is 0 Å². The van der Waals surface area contributed by atoms with Crippen molar-refractivity contribution in [3.8, 4) is 0 Å². The number of halogens is 1. The van der Waals surface area contributed by atoms with Crippen molar-refractivity contribution in [3.63, 3.8) is 0 Å². The van der Waals surface area contributed by atoms with Gasteiger partial charge in [0, 0.05) is 11.4 Å². The van der Waals surface area contributed by atoms with Crippen LogP contribution in [0, 0.1) is 0 Å². The van der Waals surface area contributed by atoms with Crippen LogP contribution in [0.3, 0.4) is 0 Å². The lowest BCUT2D eigenvalue weighted by Gasteiger charge is -2.11. The van der Waals surface area contributed by atoms with Crippen LogP contribution in [-0.4, -0.2) is 5.84 Å². The summed E-state index contributed by atoms with van der Waals surface area (Å²) < 4.78 is 0. The average molecular weight is 286 g/mol. The third-order valence-electron chi connectivity index (χ3n) is 3.30. The van der Waals surface area contributed by atoms with Gasteiger partial charge in [0.15, 0.2) is 0 Å². The first-order valence-corrected chi connectivity index (χ1v) is 7.12. The monoisotopic (exact) mass is 285 g/mol. The minimum absolute atomic E-state index is 0.733. The summed E-state index contributed by atoms with van der Waals surface area (Å²) in [7, 11) is 0. The van der Waals surface area contributed by atoms with E-state index in [1.807, 2.05) is 30.3 Å². The Bertz CT molecular complexity index is 620. The molecule has 20 heavy (non-hydrogen) atoms. The van der Waals surface area contributed by atoms with Gasteiger partial charge in [0.2, 0.25) is 0 Å². The van der Waals surface area contributed by atoms with Crippen molar-refractivity contribution in [2.24, 2.45) is 4.99 Å². The highest BCUT2D eigenvalue weighted by atomic mass is 35.5. The normalized spacial score (nSPS) is 13.9. The Morgan fingerprint density at radius 1 is 0.900 bits per heavy atom. The van der Waals surface area contributed by atoms with Crippen LogP contribution in [0.15, 0.2) is 53.5 Å². The standard InChI is InChI=1S/C16H16ClN3/c17-13-8-10-14(11-9-13)19-20-16-7-3-5-12-4-1-2-6-15(12)18-16/h1-2,4,6,8-11,19H,3,5,7H2,(H,18,20). The van der Waals surface area contributed by atoms with Gasteiger partial charge in [-0.15, -0.1) is 0 Å². The van der Waals surface area contributed by atoms with Gasteiger partial charge < -0.3 is 0 Å². The Labute approximate surface area is 123 Å². The molecule has 1 heterocycles. The number of anilines is 1. The molecular formula is C16H16ClN3. The van der Waals surface area contributed by atoms with Gasteiger partial charge in [-0.3, -0.25) is 10.9 Å². The molecule has 1 aliphatic heterocycles. The van der Waals surface area contributed by atoms with E-state index in [1.165, 1.54) is 5.56 Å². The third-order valence-corrected chi connectivity index (χ3v) is 3.55. The molecule has 0 bridgehead atoms. The zero-order valence-electron chi connectivity index (χ0n) is 11.1. The zero-order valence-corrected chi connectivity index (χ0v) is 11.8. The van der Waals surface area contributed by atoms with Crippen molar-refractivity contribution in [1.29, 1.82) is 0 Å². The topological polar surface area (TPSA) is 36.4 Å². The number of nitrogens with one attached hydrogen (secondary N) is 2. The first-order valence-electron chi connectivity index (χ1n) is 6.74. The molecule has 102 valence electrons. The van der Waals surface area contributed by atoms with Crippen LogP contribution in [0.1, 0.15) is 18.4 Å². The summed E-state index contributed by atoms with van der Waals surface area (Å²) >= 11 is 5.87. The van der Waals surface area contributed by atoms with Crippen molar-refractivity contribution in [1.82, 2.24) is 5.43 Å². The molecule has 0 saturated heterocycles. The van der Waals surface area contributed by atoms with E-state index in [0.29, 0.717) is 0 Å². The molecule has 0 fully saturated rings. The first kappa shape index (κ1) is 13.0. The molecule has 0 radical (unpaired) electrons. The highest BCUT2D eigenvalue weighted by Gasteiger charge is 2.09. The predicted molar refractivity (Wildman–Crippen MR) is 84.7 cm³/mol. The summed E-state index contributed by atoms with van der Waals surface area (Å²) in [5, 5.41) is 0.733. The number of hydrazine groups is 1. The number of rotatable bonds is 2. The number of amidine groups is 1. The van der Waals surface area contributed by atoms with E-state index in [1.54, 1.807) is 0 Å². The second kappa shape index (κ2) is 5.97. The van der Waals surface area contributed by atoms with Gasteiger partial charge in [-0.25, -0.2) is 4.99 Å². The maximum atomic E-state index is 5.87. The highest BCUT2D eigenvalue weighted by molar-refractivity contribution is 6.30. The number of nitrogens with zero attached hydrogens (tertiary/aromatic N) is 1. The molecule has 2 N–H and O–H groups in total.